The van der Waals surface area contributed by atoms with Crippen molar-refractivity contribution in [2.45, 2.75) is 58.4 Å². The largest absolute Gasteiger partial charge is 0.468 e. The van der Waals surface area contributed by atoms with Crippen LogP contribution in [0.3, 0.4) is 0 Å². The number of hydrogen-bond donors (Lipinski definition) is 2. The van der Waals surface area contributed by atoms with Crippen molar-refractivity contribution in [3.8, 4) is 0 Å². The molecule has 2 aliphatic rings. The molecule has 2 aromatic heterocycles. The first-order valence-electron chi connectivity index (χ1n) is 11.3. The number of esters is 1. The first kappa shape index (κ1) is 21.7. The van der Waals surface area contributed by atoms with Crippen molar-refractivity contribution in [2.24, 2.45) is 28.9 Å². The molecule has 3 atom stereocenters. The van der Waals surface area contributed by atoms with Gasteiger partial charge in [0.2, 0.25) is 5.91 Å². The van der Waals surface area contributed by atoms with Gasteiger partial charge in [-0.05, 0) is 49.1 Å². The standard InChI is InChI=1S/C23H33N5O3/c1-14-4-6-16(7-5-14)20(24)18-13-28-19(26-18)9-8-17(27-28)12-23(22(30)31-3)15(2)10-11-25-21(23)29/h8-9,13-16,20H,4-7,10-12,24H2,1-3H3,(H,25,29)/t14?,15?,16?,20-,23?/m0/s1. The third kappa shape index (κ3) is 3.93. The van der Waals surface area contributed by atoms with Gasteiger partial charge in [0.1, 0.15) is 0 Å². The molecule has 168 valence electrons. The second kappa shape index (κ2) is 8.57. The second-order valence-corrected chi connectivity index (χ2v) is 9.42. The van der Waals surface area contributed by atoms with Crippen LogP contribution in [-0.4, -0.2) is 40.1 Å². The number of imidazole rings is 1. The van der Waals surface area contributed by atoms with Gasteiger partial charge in [-0.2, -0.15) is 5.10 Å². The zero-order chi connectivity index (χ0) is 22.2. The fourth-order valence-corrected chi connectivity index (χ4v) is 5.20. The molecule has 0 aromatic carbocycles. The number of ether oxygens (including phenoxy) is 1. The molecule has 8 nitrogen and oxygen atoms in total. The van der Waals surface area contributed by atoms with Gasteiger partial charge < -0.3 is 15.8 Å². The SMILES string of the molecule is COC(=O)C1(Cc2ccc3nc([C@@H](N)C4CCC(C)CC4)cn3n2)C(=O)NCCC1C. The minimum atomic E-state index is -1.27. The monoisotopic (exact) mass is 427 g/mol. The van der Waals surface area contributed by atoms with Crippen LogP contribution in [-0.2, 0) is 20.7 Å². The maximum Gasteiger partial charge on any atom is 0.322 e. The van der Waals surface area contributed by atoms with Gasteiger partial charge in [-0.1, -0.05) is 26.7 Å². The van der Waals surface area contributed by atoms with Gasteiger partial charge in [0.25, 0.3) is 0 Å². The van der Waals surface area contributed by atoms with Crippen molar-refractivity contribution in [3.05, 3.63) is 29.7 Å². The molecule has 1 saturated carbocycles. The van der Waals surface area contributed by atoms with Gasteiger partial charge in [-0.25, -0.2) is 9.50 Å². The predicted molar refractivity (Wildman–Crippen MR) is 116 cm³/mol. The number of methoxy groups -OCH3 is 1. The zero-order valence-corrected chi connectivity index (χ0v) is 18.6. The lowest BCUT2D eigenvalue weighted by Gasteiger charge is -2.38. The fourth-order valence-electron chi connectivity index (χ4n) is 5.20. The lowest BCUT2D eigenvalue weighted by atomic mass is 9.68. The molecule has 3 heterocycles. The maximum absolute atomic E-state index is 12.8. The topological polar surface area (TPSA) is 112 Å². The van der Waals surface area contributed by atoms with E-state index in [0.29, 0.717) is 30.2 Å². The van der Waals surface area contributed by atoms with Gasteiger partial charge in [-0.3, -0.25) is 9.59 Å². The Kier molecular flexibility index (Phi) is 6.01. The van der Waals surface area contributed by atoms with Crippen molar-refractivity contribution < 1.29 is 14.3 Å². The lowest BCUT2D eigenvalue weighted by Crippen LogP contribution is -2.57. The highest BCUT2D eigenvalue weighted by atomic mass is 16.5. The van der Waals surface area contributed by atoms with E-state index in [4.69, 9.17) is 15.5 Å². The molecule has 1 amide bonds. The number of rotatable bonds is 5. The Morgan fingerprint density at radius 2 is 2.03 bits per heavy atom. The Morgan fingerprint density at radius 1 is 1.29 bits per heavy atom. The van der Waals surface area contributed by atoms with E-state index < -0.39 is 11.4 Å². The number of nitrogens with zero attached hydrogens (tertiary/aromatic N) is 3. The number of nitrogens with one attached hydrogen (secondary N) is 1. The number of piperidine rings is 1. The van der Waals surface area contributed by atoms with Crippen molar-refractivity contribution in [1.82, 2.24) is 19.9 Å². The average Bonchev–Trinajstić information content (AvgIpc) is 3.19. The molecule has 8 heteroatoms. The van der Waals surface area contributed by atoms with E-state index in [9.17, 15) is 9.59 Å². The summed E-state index contributed by atoms with van der Waals surface area (Å²) in [4.78, 5) is 30.2. The minimum absolute atomic E-state index is 0.108. The number of carbonyl (C=O) groups is 2. The van der Waals surface area contributed by atoms with Crippen molar-refractivity contribution in [3.63, 3.8) is 0 Å². The summed E-state index contributed by atoms with van der Waals surface area (Å²) in [6.07, 6.45) is 7.47. The summed E-state index contributed by atoms with van der Waals surface area (Å²) in [5.41, 5.74) is 7.49. The van der Waals surface area contributed by atoms with Crippen LogP contribution < -0.4 is 11.1 Å². The summed E-state index contributed by atoms with van der Waals surface area (Å²) in [6.45, 7) is 4.79. The van der Waals surface area contributed by atoms with Gasteiger partial charge in [0.05, 0.1) is 30.7 Å². The molecule has 1 saturated heterocycles. The highest BCUT2D eigenvalue weighted by Gasteiger charge is 2.53. The average molecular weight is 428 g/mol. The third-order valence-electron chi connectivity index (χ3n) is 7.42. The first-order chi connectivity index (χ1) is 14.8. The molecule has 0 spiro atoms. The van der Waals surface area contributed by atoms with Crippen LogP contribution in [0.25, 0.3) is 5.65 Å². The van der Waals surface area contributed by atoms with E-state index >= 15 is 0 Å². The van der Waals surface area contributed by atoms with Gasteiger partial charge in [-0.15, -0.1) is 0 Å². The Labute approximate surface area is 182 Å². The van der Waals surface area contributed by atoms with Crippen LogP contribution in [0.5, 0.6) is 0 Å². The molecule has 4 rings (SSSR count). The van der Waals surface area contributed by atoms with Crippen LogP contribution >= 0.6 is 0 Å². The van der Waals surface area contributed by atoms with E-state index in [2.05, 4.69) is 17.3 Å². The van der Waals surface area contributed by atoms with E-state index in [-0.39, 0.29) is 24.3 Å². The smallest absolute Gasteiger partial charge is 0.322 e. The normalized spacial score (nSPS) is 30.1. The Hall–Kier alpha value is -2.48. The van der Waals surface area contributed by atoms with E-state index in [1.807, 2.05) is 25.3 Å². The number of amides is 1. The Bertz CT molecular complexity index is 955. The molecule has 2 aromatic rings. The van der Waals surface area contributed by atoms with Crippen LogP contribution in [0.2, 0.25) is 0 Å². The summed E-state index contributed by atoms with van der Waals surface area (Å²) < 4.78 is 6.76. The molecule has 0 radical (unpaired) electrons. The fraction of sp³-hybridized carbons (Fsp3) is 0.652. The van der Waals surface area contributed by atoms with Crippen molar-refractivity contribution >= 4 is 17.5 Å². The number of nitrogens with two attached hydrogens (primary N) is 1. The zero-order valence-electron chi connectivity index (χ0n) is 18.6. The Balaban J connectivity index is 1.60. The Morgan fingerprint density at radius 3 is 2.71 bits per heavy atom. The molecular weight excluding hydrogens is 394 g/mol. The summed E-state index contributed by atoms with van der Waals surface area (Å²) >= 11 is 0. The highest BCUT2D eigenvalue weighted by molar-refractivity contribution is 6.03. The summed E-state index contributed by atoms with van der Waals surface area (Å²) in [5.74, 6) is 0.260. The van der Waals surface area contributed by atoms with Gasteiger partial charge in [0, 0.05) is 13.0 Å². The molecular formula is C23H33N5O3. The first-order valence-corrected chi connectivity index (χ1v) is 11.3. The van der Waals surface area contributed by atoms with Gasteiger partial charge in [0.15, 0.2) is 11.1 Å². The van der Waals surface area contributed by atoms with Crippen LogP contribution in [0.15, 0.2) is 18.3 Å². The molecule has 0 bridgehead atoms. The van der Waals surface area contributed by atoms with E-state index in [1.54, 1.807) is 4.52 Å². The van der Waals surface area contributed by atoms with Crippen LogP contribution in [0, 0.1) is 23.2 Å². The number of carbonyl (C=O) groups excluding carboxylic acids is 2. The third-order valence-corrected chi connectivity index (χ3v) is 7.42. The summed E-state index contributed by atoms with van der Waals surface area (Å²) in [5, 5.41) is 7.50. The molecule has 2 fully saturated rings. The summed E-state index contributed by atoms with van der Waals surface area (Å²) in [7, 11) is 1.32. The predicted octanol–water partition coefficient (Wildman–Crippen LogP) is 2.41. The highest BCUT2D eigenvalue weighted by Crippen LogP contribution is 2.38. The van der Waals surface area contributed by atoms with Crippen molar-refractivity contribution in [1.29, 1.82) is 0 Å². The van der Waals surface area contributed by atoms with Crippen molar-refractivity contribution in [2.75, 3.05) is 13.7 Å². The van der Waals surface area contributed by atoms with E-state index in [1.165, 1.54) is 20.0 Å². The maximum atomic E-state index is 12.8. The van der Waals surface area contributed by atoms with Crippen LogP contribution in [0.1, 0.15) is 63.4 Å². The number of fused-ring (bicyclic) bond motifs is 1. The quantitative estimate of drug-likeness (QED) is 0.560. The second-order valence-electron chi connectivity index (χ2n) is 9.42. The lowest BCUT2D eigenvalue weighted by molar-refractivity contribution is -0.165. The van der Waals surface area contributed by atoms with E-state index in [0.717, 1.165) is 24.5 Å². The number of hydrogen-bond acceptors (Lipinski definition) is 6. The molecule has 1 aliphatic heterocycles. The molecule has 2 unspecified atom stereocenters. The minimum Gasteiger partial charge on any atom is -0.468 e. The molecule has 1 aliphatic carbocycles. The number of aromatic nitrogens is 3. The van der Waals surface area contributed by atoms with Gasteiger partial charge >= 0.3 is 5.97 Å². The summed E-state index contributed by atoms with van der Waals surface area (Å²) in [6, 6.07) is 3.60. The molecule has 31 heavy (non-hydrogen) atoms. The van der Waals surface area contributed by atoms with Crippen LogP contribution in [0.4, 0.5) is 0 Å². The molecule has 3 N–H and O–H groups in total.